The average molecular weight is 320 g/mol. The van der Waals surface area contributed by atoms with Crippen molar-refractivity contribution in [2.45, 2.75) is 38.2 Å². The van der Waals surface area contributed by atoms with Crippen LogP contribution in [0.4, 0.5) is 8.78 Å². The van der Waals surface area contributed by atoms with Gasteiger partial charge in [0, 0.05) is 11.4 Å². The molecule has 0 aliphatic heterocycles. The Balaban J connectivity index is 2.95. The molecule has 1 unspecified atom stereocenters. The molecule has 2 N–H and O–H groups in total. The first kappa shape index (κ1) is 17.4. The van der Waals surface area contributed by atoms with Gasteiger partial charge in [0.05, 0.1) is 5.41 Å². The highest BCUT2D eigenvalue weighted by Crippen LogP contribution is 2.30. The van der Waals surface area contributed by atoms with Crippen LogP contribution in [0.1, 0.15) is 25.8 Å². The lowest BCUT2D eigenvalue weighted by Gasteiger charge is -2.27. The fourth-order valence-electron chi connectivity index (χ4n) is 1.83. The SMILES string of the molecule is CC(C)(C(=O)NC(CC(F)F)C(=O)O)c1ccccc1Cl. The minimum absolute atomic E-state index is 0.346. The van der Waals surface area contributed by atoms with Crippen molar-refractivity contribution in [3.8, 4) is 0 Å². The highest BCUT2D eigenvalue weighted by molar-refractivity contribution is 6.31. The molecule has 0 fully saturated rings. The summed E-state index contributed by atoms with van der Waals surface area (Å²) in [5.74, 6) is -2.18. The summed E-state index contributed by atoms with van der Waals surface area (Å²) in [4.78, 5) is 23.2. The van der Waals surface area contributed by atoms with Crippen molar-refractivity contribution in [1.82, 2.24) is 5.32 Å². The number of benzene rings is 1. The molecule has 0 spiro atoms. The van der Waals surface area contributed by atoms with Crippen molar-refractivity contribution in [3.05, 3.63) is 34.9 Å². The van der Waals surface area contributed by atoms with E-state index in [1.807, 2.05) is 0 Å². The first-order valence-electron chi connectivity index (χ1n) is 6.23. The third-order valence-corrected chi connectivity index (χ3v) is 3.46. The summed E-state index contributed by atoms with van der Waals surface area (Å²) in [6.07, 6.45) is -3.77. The van der Waals surface area contributed by atoms with Gasteiger partial charge < -0.3 is 10.4 Å². The van der Waals surface area contributed by atoms with Crippen LogP contribution >= 0.6 is 11.6 Å². The standard InChI is InChI=1S/C14H16ClF2NO3/c1-14(2,8-5-3-4-6-9(8)15)13(21)18-10(12(19)20)7-11(16)17/h3-6,10-11H,7H2,1-2H3,(H,18,21)(H,19,20). The molecule has 1 atom stereocenters. The van der Waals surface area contributed by atoms with Gasteiger partial charge in [-0.2, -0.15) is 0 Å². The fraction of sp³-hybridized carbons (Fsp3) is 0.429. The topological polar surface area (TPSA) is 66.4 Å². The van der Waals surface area contributed by atoms with E-state index in [-0.39, 0.29) is 0 Å². The van der Waals surface area contributed by atoms with Gasteiger partial charge in [-0.1, -0.05) is 29.8 Å². The monoisotopic (exact) mass is 319 g/mol. The largest absolute Gasteiger partial charge is 0.480 e. The molecule has 0 aromatic heterocycles. The van der Waals surface area contributed by atoms with Crippen molar-refractivity contribution in [3.63, 3.8) is 0 Å². The number of carboxylic acid groups (broad SMARTS) is 1. The summed E-state index contributed by atoms with van der Waals surface area (Å²) >= 11 is 6.02. The Morgan fingerprint density at radius 3 is 2.38 bits per heavy atom. The number of hydrogen-bond acceptors (Lipinski definition) is 2. The predicted molar refractivity (Wildman–Crippen MR) is 74.7 cm³/mol. The molecule has 0 saturated heterocycles. The summed E-state index contributed by atoms with van der Waals surface area (Å²) in [7, 11) is 0. The third-order valence-electron chi connectivity index (χ3n) is 3.13. The first-order valence-corrected chi connectivity index (χ1v) is 6.61. The molecular weight excluding hydrogens is 304 g/mol. The van der Waals surface area contributed by atoms with E-state index in [0.717, 1.165) is 0 Å². The van der Waals surface area contributed by atoms with Crippen LogP contribution in [0.2, 0.25) is 5.02 Å². The van der Waals surface area contributed by atoms with Crippen LogP contribution < -0.4 is 5.32 Å². The molecule has 1 aromatic carbocycles. The van der Waals surface area contributed by atoms with Crippen molar-refractivity contribution in [1.29, 1.82) is 0 Å². The Kier molecular flexibility index (Phi) is 5.66. The van der Waals surface area contributed by atoms with Gasteiger partial charge in [-0.05, 0) is 25.5 Å². The van der Waals surface area contributed by atoms with Gasteiger partial charge in [0.15, 0.2) is 0 Å². The Morgan fingerprint density at radius 1 is 1.33 bits per heavy atom. The Labute approximate surface area is 126 Å². The highest BCUT2D eigenvalue weighted by atomic mass is 35.5. The van der Waals surface area contributed by atoms with Crippen LogP contribution in [-0.2, 0) is 15.0 Å². The number of carboxylic acids is 1. The van der Waals surface area contributed by atoms with Gasteiger partial charge in [-0.25, -0.2) is 13.6 Å². The lowest BCUT2D eigenvalue weighted by molar-refractivity contribution is -0.143. The quantitative estimate of drug-likeness (QED) is 0.847. The van der Waals surface area contributed by atoms with E-state index in [2.05, 4.69) is 5.32 Å². The lowest BCUT2D eigenvalue weighted by Crippen LogP contribution is -2.49. The Morgan fingerprint density at radius 2 is 1.90 bits per heavy atom. The summed E-state index contributed by atoms with van der Waals surface area (Å²) in [5, 5.41) is 11.4. The normalized spacial score (nSPS) is 13.0. The average Bonchev–Trinajstić information content (AvgIpc) is 2.37. The van der Waals surface area contributed by atoms with E-state index in [0.29, 0.717) is 10.6 Å². The Bertz CT molecular complexity index is 535. The molecule has 0 aliphatic carbocycles. The van der Waals surface area contributed by atoms with Crippen molar-refractivity contribution in [2.75, 3.05) is 0 Å². The van der Waals surface area contributed by atoms with E-state index in [1.54, 1.807) is 38.1 Å². The van der Waals surface area contributed by atoms with Crippen LogP contribution in [0.25, 0.3) is 0 Å². The molecule has 1 rings (SSSR count). The second-order valence-electron chi connectivity index (χ2n) is 5.10. The van der Waals surface area contributed by atoms with E-state index >= 15 is 0 Å². The second kappa shape index (κ2) is 6.85. The van der Waals surface area contributed by atoms with Gasteiger partial charge in [0.1, 0.15) is 6.04 Å². The smallest absolute Gasteiger partial charge is 0.326 e. The maximum absolute atomic E-state index is 12.3. The number of nitrogens with one attached hydrogen (secondary N) is 1. The summed E-state index contributed by atoms with van der Waals surface area (Å²) in [6.45, 7) is 3.09. The molecule has 7 heteroatoms. The van der Waals surface area contributed by atoms with Gasteiger partial charge in [-0.3, -0.25) is 4.79 Å². The van der Waals surface area contributed by atoms with Crippen LogP contribution in [0.5, 0.6) is 0 Å². The number of rotatable bonds is 6. The minimum atomic E-state index is -2.82. The molecule has 0 heterocycles. The molecule has 0 bridgehead atoms. The summed E-state index contributed by atoms with van der Waals surface area (Å²) < 4.78 is 24.7. The molecule has 4 nitrogen and oxygen atoms in total. The maximum atomic E-state index is 12.3. The Hall–Kier alpha value is -1.69. The zero-order valence-corrected chi connectivity index (χ0v) is 12.3. The zero-order chi connectivity index (χ0) is 16.2. The predicted octanol–water partition coefficient (Wildman–Crippen LogP) is 2.84. The number of amides is 1. The highest BCUT2D eigenvalue weighted by Gasteiger charge is 2.35. The molecule has 1 amide bonds. The molecular formula is C14H16ClF2NO3. The van der Waals surface area contributed by atoms with Gasteiger partial charge in [0.25, 0.3) is 0 Å². The number of alkyl halides is 2. The van der Waals surface area contributed by atoms with E-state index < -0.39 is 36.2 Å². The molecule has 0 saturated carbocycles. The number of carbonyl (C=O) groups excluding carboxylic acids is 1. The van der Waals surface area contributed by atoms with Crippen molar-refractivity contribution < 1.29 is 23.5 Å². The van der Waals surface area contributed by atoms with Crippen LogP contribution in [0.15, 0.2) is 24.3 Å². The van der Waals surface area contributed by atoms with Crippen molar-refractivity contribution >= 4 is 23.5 Å². The van der Waals surface area contributed by atoms with E-state index in [1.165, 1.54) is 0 Å². The third kappa shape index (κ3) is 4.39. The first-order chi connectivity index (χ1) is 9.66. The summed E-state index contributed by atoms with van der Waals surface area (Å²) in [5.41, 5.74) is -0.654. The van der Waals surface area contributed by atoms with Crippen LogP contribution in [0.3, 0.4) is 0 Å². The molecule has 0 aliphatic rings. The van der Waals surface area contributed by atoms with Gasteiger partial charge in [0.2, 0.25) is 12.3 Å². The molecule has 21 heavy (non-hydrogen) atoms. The summed E-state index contributed by atoms with van der Waals surface area (Å²) in [6, 6.07) is 4.96. The number of carbonyl (C=O) groups is 2. The van der Waals surface area contributed by atoms with Crippen LogP contribution in [0, 0.1) is 0 Å². The fourth-order valence-corrected chi connectivity index (χ4v) is 2.20. The minimum Gasteiger partial charge on any atom is -0.480 e. The molecule has 0 radical (unpaired) electrons. The van der Waals surface area contributed by atoms with E-state index in [9.17, 15) is 18.4 Å². The molecule has 116 valence electrons. The number of hydrogen-bond donors (Lipinski definition) is 2. The maximum Gasteiger partial charge on any atom is 0.326 e. The van der Waals surface area contributed by atoms with Crippen molar-refractivity contribution in [2.24, 2.45) is 0 Å². The zero-order valence-electron chi connectivity index (χ0n) is 11.6. The van der Waals surface area contributed by atoms with Gasteiger partial charge >= 0.3 is 5.97 Å². The molecule has 1 aromatic rings. The second-order valence-corrected chi connectivity index (χ2v) is 5.50. The number of halogens is 3. The van der Waals surface area contributed by atoms with Gasteiger partial charge in [-0.15, -0.1) is 0 Å². The lowest BCUT2D eigenvalue weighted by atomic mass is 9.83. The van der Waals surface area contributed by atoms with E-state index in [4.69, 9.17) is 16.7 Å². The van der Waals surface area contributed by atoms with Crippen LogP contribution in [-0.4, -0.2) is 29.5 Å². The number of aliphatic carboxylic acids is 1.